The quantitative estimate of drug-likeness (QED) is 0.586. The zero-order chi connectivity index (χ0) is 11.3. The van der Waals surface area contributed by atoms with E-state index in [1.54, 1.807) is 6.92 Å². The summed E-state index contributed by atoms with van der Waals surface area (Å²) in [4.78, 5) is 14.3. The topological polar surface area (TPSA) is 87.6 Å². The molecular weight excluding hydrogens is 200 g/mol. The van der Waals surface area contributed by atoms with Crippen molar-refractivity contribution >= 4 is 5.69 Å². The van der Waals surface area contributed by atoms with Gasteiger partial charge in [0.2, 0.25) is 0 Å². The van der Waals surface area contributed by atoms with Crippen LogP contribution in [-0.4, -0.2) is 17.6 Å². The van der Waals surface area contributed by atoms with Crippen molar-refractivity contribution in [3.8, 4) is 5.75 Å². The Morgan fingerprint density at radius 3 is 2.53 bits per heavy atom. The molecule has 0 heterocycles. The average Bonchev–Trinajstić information content (AvgIpc) is 2.18. The van der Waals surface area contributed by atoms with E-state index in [4.69, 9.17) is 10.6 Å². The van der Waals surface area contributed by atoms with Crippen LogP contribution in [0, 0.1) is 10.1 Å². The maximum atomic E-state index is 10.4. The van der Waals surface area contributed by atoms with Crippen molar-refractivity contribution < 1.29 is 14.5 Å². The summed E-state index contributed by atoms with van der Waals surface area (Å²) in [5.41, 5.74) is 0.0325. The number of benzene rings is 1. The molecule has 0 saturated carbocycles. The molecule has 1 aromatic carbocycles. The van der Waals surface area contributed by atoms with Crippen molar-refractivity contribution in [2.75, 3.05) is 6.61 Å². The first-order valence-electron chi connectivity index (χ1n) is 4.36. The molecule has 1 unspecified atom stereocenters. The molecule has 0 radical (unpaired) electrons. The number of nitro groups is 1. The van der Waals surface area contributed by atoms with Crippen LogP contribution in [0.5, 0.6) is 5.75 Å². The molecule has 1 atom stereocenters. The van der Waals surface area contributed by atoms with E-state index in [1.165, 1.54) is 24.3 Å². The Bertz CT molecular complexity index is 325. The van der Waals surface area contributed by atoms with Gasteiger partial charge in [0.25, 0.3) is 5.69 Å². The molecule has 0 aliphatic rings. The molecule has 0 aliphatic heterocycles. The Kier molecular flexibility index (Phi) is 4.02. The second kappa shape index (κ2) is 5.28. The number of rotatable bonds is 5. The fourth-order valence-corrected chi connectivity index (χ4v) is 1.05. The molecule has 0 amide bonds. The van der Waals surface area contributed by atoms with E-state index in [0.29, 0.717) is 5.75 Å². The van der Waals surface area contributed by atoms with Gasteiger partial charge in [-0.05, 0) is 19.1 Å². The first kappa shape index (κ1) is 11.4. The van der Waals surface area contributed by atoms with E-state index in [9.17, 15) is 10.1 Å². The highest BCUT2D eigenvalue weighted by Crippen LogP contribution is 2.18. The van der Waals surface area contributed by atoms with Crippen LogP contribution in [-0.2, 0) is 4.84 Å². The van der Waals surface area contributed by atoms with Gasteiger partial charge in [0.05, 0.1) is 4.92 Å². The van der Waals surface area contributed by atoms with Crippen molar-refractivity contribution in [1.82, 2.24) is 0 Å². The SMILES string of the molecule is CC(CON)Oc1ccc([N+](=O)[O-])cc1. The summed E-state index contributed by atoms with van der Waals surface area (Å²) >= 11 is 0. The summed E-state index contributed by atoms with van der Waals surface area (Å²) in [5.74, 6) is 5.42. The molecule has 0 aromatic heterocycles. The van der Waals surface area contributed by atoms with Crippen LogP contribution in [0.3, 0.4) is 0 Å². The third kappa shape index (κ3) is 3.53. The van der Waals surface area contributed by atoms with E-state index < -0.39 is 4.92 Å². The summed E-state index contributed by atoms with van der Waals surface area (Å²) in [7, 11) is 0. The predicted octanol–water partition coefficient (Wildman–Crippen LogP) is 1.25. The van der Waals surface area contributed by atoms with E-state index in [2.05, 4.69) is 4.84 Å². The number of nitro benzene ring substituents is 1. The van der Waals surface area contributed by atoms with Crippen LogP contribution in [0.4, 0.5) is 5.69 Å². The molecule has 1 rings (SSSR count). The number of nitrogens with zero attached hydrogens (tertiary/aromatic N) is 1. The van der Waals surface area contributed by atoms with E-state index in [0.717, 1.165) is 0 Å². The highest BCUT2D eigenvalue weighted by Gasteiger charge is 2.07. The molecule has 15 heavy (non-hydrogen) atoms. The summed E-state index contributed by atoms with van der Waals surface area (Å²) < 4.78 is 5.36. The number of non-ortho nitro benzene ring substituents is 1. The highest BCUT2D eigenvalue weighted by atomic mass is 16.6. The molecule has 2 N–H and O–H groups in total. The van der Waals surface area contributed by atoms with Gasteiger partial charge in [0, 0.05) is 12.1 Å². The number of nitrogens with two attached hydrogens (primary N) is 1. The normalized spacial score (nSPS) is 12.1. The van der Waals surface area contributed by atoms with Crippen molar-refractivity contribution in [3.05, 3.63) is 34.4 Å². The van der Waals surface area contributed by atoms with Crippen LogP contribution in [0.15, 0.2) is 24.3 Å². The lowest BCUT2D eigenvalue weighted by molar-refractivity contribution is -0.384. The van der Waals surface area contributed by atoms with Crippen molar-refractivity contribution in [2.24, 2.45) is 5.90 Å². The number of hydrogen-bond acceptors (Lipinski definition) is 5. The zero-order valence-corrected chi connectivity index (χ0v) is 8.25. The molecule has 0 spiro atoms. The molecule has 6 nitrogen and oxygen atoms in total. The predicted molar refractivity (Wildman–Crippen MR) is 53.3 cm³/mol. The van der Waals surface area contributed by atoms with Gasteiger partial charge >= 0.3 is 0 Å². The van der Waals surface area contributed by atoms with Gasteiger partial charge in [-0.3, -0.25) is 10.1 Å². The monoisotopic (exact) mass is 212 g/mol. The minimum atomic E-state index is -0.462. The highest BCUT2D eigenvalue weighted by molar-refractivity contribution is 5.36. The molecule has 82 valence electrons. The number of ether oxygens (including phenoxy) is 1. The molecule has 6 heteroatoms. The van der Waals surface area contributed by atoms with Crippen LogP contribution in [0.25, 0.3) is 0 Å². The number of hydrogen-bond donors (Lipinski definition) is 1. The van der Waals surface area contributed by atoms with Gasteiger partial charge in [-0.1, -0.05) is 0 Å². The van der Waals surface area contributed by atoms with Gasteiger partial charge in [0.15, 0.2) is 0 Å². The van der Waals surface area contributed by atoms with Crippen molar-refractivity contribution in [3.63, 3.8) is 0 Å². The molecule has 0 saturated heterocycles. The van der Waals surface area contributed by atoms with Gasteiger partial charge in [-0.2, -0.15) is 0 Å². The van der Waals surface area contributed by atoms with Crippen LogP contribution >= 0.6 is 0 Å². The standard InChI is InChI=1S/C9H12N2O4/c1-7(6-14-10)15-9-4-2-8(3-5-9)11(12)13/h2-5,7H,6,10H2,1H3. The fourth-order valence-electron chi connectivity index (χ4n) is 1.05. The smallest absolute Gasteiger partial charge is 0.269 e. The average molecular weight is 212 g/mol. The van der Waals surface area contributed by atoms with Gasteiger partial charge in [-0.15, -0.1) is 0 Å². The summed E-state index contributed by atoms with van der Waals surface area (Å²) in [5, 5.41) is 10.4. The maximum Gasteiger partial charge on any atom is 0.269 e. The summed E-state index contributed by atoms with van der Waals surface area (Å²) in [6, 6.07) is 5.83. The Labute approximate surface area is 86.7 Å². The van der Waals surface area contributed by atoms with Crippen LogP contribution < -0.4 is 10.6 Å². The van der Waals surface area contributed by atoms with Crippen LogP contribution in [0.1, 0.15) is 6.92 Å². The van der Waals surface area contributed by atoms with Crippen molar-refractivity contribution in [2.45, 2.75) is 13.0 Å². The largest absolute Gasteiger partial charge is 0.488 e. The Hall–Kier alpha value is -1.66. The lowest BCUT2D eigenvalue weighted by Gasteiger charge is -2.12. The zero-order valence-electron chi connectivity index (χ0n) is 8.25. The molecular formula is C9H12N2O4. The van der Waals surface area contributed by atoms with Crippen molar-refractivity contribution in [1.29, 1.82) is 0 Å². The van der Waals surface area contributed by atoms with E-state index >= 15 is 0 Å². The molecule has 0 aliphatic carbocycles. The lowest BCUT2D eigenvalue weighted by atomic mass is 10.3. The minimum absolute atomic E-state index is 0.0325. The third-order valence-corrected chi connectivity index (χ3v) is 1.72. The molecule has 0 bridgehead atoms. The first-order valence-corrected chi connectivity index (χ1v) is 4.36. The Balaban J connectivity index is 2.60. The second-order valence-electron chi connectivity index (χ2n) is 3.01. The first-order chi connectivity index (χ1) is 7.13. The van der Waals surface area contributed by atoms with E-state index in [-0.39, 0.29) is 18.4 Å². The maximum absolute atomic E-state index is 10.4. The summed E-state index contributed by atoms with van der Waals surface area (Å²) in [6.07, 6.45) is -0.198. The fraction of sp³-hybridized carbons (Fsp3) is 0.333. The second-order valence-corrected chi connectivity index (χ2v) is 3.01. The Morgan fingerprint density at radius 2 is 2.07 bits per heavy atom. The molecule has 1 aromatic rings. The van der Waals surface area contributed by atoms with E-state index in [1.807, 2.05) is 0 Å². The van der Waals surface area contributed by atoms with Crippen LogP contribution in [0.2, 0.25) is 0 Å². The third-order valence-electron chi connectivity index (χ3n) is 1.72. The minimum Gasteiger partial charge on any atom is -0.488 e. The summed E-state index contributed by atoms with van der Waals surface area (Å²) in [6.45, 7) is 2.05. The Morgan fingerprint density at radius 1 is 1.47 bits per heavy atom. The van der Waals surface area contributed by atoms with Gasteiger partial charge < -0.3 is 9.57 Å². The lowest BCUT2D eigenvalue weighted by Crippen LogP contribution is -2.21. The molecule has 0 fully saturated rings. The van der Waals surface area contributed by atoms with Gasteiger partial charge in [0.1, 0.15) is 18.5 Å². The van der Waals surface area contributed by atoms with Gasteiger partial charge in [-0.25, -0.2) is 5.90 Å².